The molecule has 2 aromatic carbocycles. The van der Waals surface area contributed by atoms with Gasteiger partial charge in [-0.25, -0.2) is 0 Å². The molecule has 0 bridgehead atoms. The van der Waals surface area contributed by atoms with Crippen molar-refractivity contribution in [1.82, 2.24) is 0 Å². The molecular weight excluding hydrogens is 410 g/mol. The van der Waals surface area contributed by atoms with E-state index in [1.165, 1.54) is 11.1 Å². The van der Waals surface area contributed by atoms with Gasteiger partial charge in [0, 0.05) is 11.6 Å². The van der Waals surface area contributed by atoms with Crippen LogP contribution < -0.4 is 0 Å². The Morgan fingerprint density at radius 3 is 1.39 bits per heavy atom. The van der Waals surface area contributed by atoms with Gasteiger partial charge in [0.25, 0.3) is 0 Å². The van der Waals surface area contributed by atoms with Crippen LogP contribution >= 0.6 is 0 Å². The zero-order chi connectivity index (χ0) is 24.2. The van der Waals surface area contributed by atoms with Crippen molar-refractivity contribution < 1.29 is 18.6 Å². The Kier molecular flexibility index (Phi) is 6.14. The van der Waals surface area contributed by atoms with E-state index in [2.05, 4.69) is 111 Å². The lowest BCUT2D eigenvalue weighted by Gasteiger charge is -2.32. The van der Waals surface area contributed by atoms with Crippen LogP contribution in [0.25, 0.3) is 0 Å². The third-order valence-electron chi connectivity index (χ3n) is 8.25. The fraction of sp³-hybridized carbons (Fsp3) is 0.556. The van der Waals surface area contributed by atoms with Gasteiger partial charge >= 0.3 is 14.2 Å². The summed E-state index contributed by atoms with van der Waals surface area (Å²) < 4.78 is 26.6. The molecule has 0 aliphatic carbocycles. The average Bonchev–Trinajstić information content (AvgIpc) is 3.06. The van der Waals surface area contributed by atoms with Crippen molar-refractivity contribution >= 4 is 14.2 Å². The summed E-state index contributed by atoms with van der Waals surface area (Å²) >= 11 is 0. The largest absolute Gasteiger partial charge is 0.465 e. The molecule has 6 heteroatoms. The highest BCUT2D eigenvalue weighted by Gasteiger charge is 2.61. The summed E-state index contributed by atoms with van der Waals surface area (Å²) in [6.07, 6.45) is 0. The maximum atomic E-state index is 6.67. The molecule has 2 aliphatic heterocycles. The second kappa shape index (κ2) is 8.27. The first-order valence-corrected chi connectivity index (χ1v) is 12.1. The Morgan fingerprint density at radius 2 is 0.939 bits per heavy atom. The Hall–Kier alpha value is -1.59. The summed E-state index contributed by atoms with van der Waals surface area (Å²) in [6.45, 7) is 19.0. The van der Waals surface area contributed by atoms with Gasteiger partial charge in [-0.15, -0.1) is 0 Å². The lowest BCUT2D eigenvalue weighted by atomic mass is 9.48. The molecule has 0 N–H and O–H groups in total. The van der Waals surface area contributed by atoms with Crippen LogP contribution in [0, 0.1) is 6.92 Å². The topological polar surface area (TPSA) is 36.9 Å². The van der Waals surface area contributed by atoms with Gasteiger partial charge in [-0.3, -0.25) is 0 Å². The molecule has 2 aromatic rings. The quantitative estimate of drug-likeness (QED) is 0.517. The van der Waals surface area contributed by atoms with Gasteiger partial charge in [0.2, 0.25) is 0 Å². The van der Waals surface area contributed by atoms with E-state index in [1.54, 1.807) is 0 Å². The Balaban J connectivity index is 1.87. The van der Waals surface area contributed by atoms with Crippen molar-refractivity contribution in [1.29, 1.82) is 0 Å². The van der Waals surface area contributed by atoms with Gasteiger partial charge in [0.05, 0.1) is 22.4 Å². The number of benzene rings is 2. The molecule has 33 heavy (non-hydrogen) atoms. The number of hydrogen-bond donors (Lipinski definition) is 0. The van der Waals surface area contributed by atoms with Crippen molar-refractivity contribution in [3.63, 3.8) is 0 Å². The van der Waals surface area contributed by atoms with Gasteiger partial charge < -0.3 is 18.6 Å². The van der Waals surface area contributed by atoms with E-state index in [0.29, 0.717) is 0 Å². The lowest BCUT2D eigenvalue weighted by Crippen LogP contribution is -2.41. The number of aryl methyl sites for hydroxylation is 1. The van der Waals surface area contributed by atoms with Crippen LogP contribution in [0.5, 0.6) is 0 Å². The van der Waals surface area contributed by atoms with Crippen molar-refractivity contribution in [3.8, 4) is 0 Å². The van der Waals surface area contributed by atoms with Crippen LogP contribution in [-0.2, 0) is 18.6 Å². The smallest absolute Gasteiger partial charge is 0.403 e. The highest BCUT2D eigenvalue weighted by molar-refractivity contribution is 6.55. The molecule has 2 atom stereocenters. The first-order valence-electron chi connectivity index (χ1n) is 12.1. The molecule has 0 aromatic heterocycles. The van der Waals surface area contributed by atoms with E-state index < -0.39 is 36.6 Å². The van der Waals surface area contributed by atoms with Crippen molar-refractivity contribution in [3.05, 3.63) is 71.3 Å². The summed E-state index contributed by atoms with van der Waals surface area (Å²) in [4.78, 5) is 0. The number of hydrogen-bond acceptors (Lipinski definition) is 4. The molecule has 176 valence electrons. The van der Waals surface area contributed by atoms with Gasteiger partial charge in [-0.1, -0.05) is 54.6 Å². The number of rotatable bonds is 5. The highest BCUT2D eigenvalue weighted by Crippen LogP contribution is 2.50. The van der Waals surface area contributed by atoms with E-state index >= 15 is 0 Å². The molecule has 4 rings (SSSR count). The fourth-order valence-electron chi connectivity index (χ4n) is 4.75. The van der Waals surface area contributed by atoms with Gasteiger partial charge in [0.1, 0.15) is 0 Å². The zero-order valence-electron chi connectivity index (χ0n) is 21.6. The minimum Gasteiger partial charge on any atom is -0.403 e. The third-order valence-corrected chi connectivity index (χ3v) is 8.25. The van der Waals surface area contributed by atoms with Gasteiger partial charge in [0.15, 0.2) is 0 Å². The van der Waals surface area contributed by atoms with Crippen LogP contribution in [0.4, 0.5) is 0 Å². The molecule has 4 nitrogen and oxygen atoms in total. The summed E-state index contributed by atoms with van der Waals surface area (Å²) in [5.41, 5.74) is 1.81. The van der Waals surface area contributed by atoms with E-state index in [1.807, 2.05) is 6.07 Å². The summed E-state index contributed by atoms with van der Waals surface area (Å²) in [5.74, 6) is -0.243. The zero-order valence-corrected chi connectivity index (χ0v) is 21.6. The molecule has 2 fully saturated rings. The SMILES string of the molecule is Cc1ccccc1C(B1OC(C)(C)C(C)(C)O1)C(B1OC(C)(C)C(C)(C)O1)c1ccccc1. The van der Waals surface area contributed by atoms with Gasteiger partial charge in [-0.2, -0.15) is 0 Å². The molecule has 0 radical (unpaired) electrons. The second-order valence-electron chi connectivity index (χ2n) is 11.6. The van der Waals surface area contributed by atoms with Crippen molar-refractivity contribution in [2.45, 2.75) is 96.4 Å². The monoisotopic (exact) mass is 448 g/mol. The molecular formula is C27H38B2O4. The van der Waals surface area contributed by atoms with E-state index in [-0.39, 0.29) is 11.6 Å². The molecule has 2 heterocycles. The lowest BCUT2D eigenvalue weighted by molar-refractivity contribution is 0.00578. The molecule has 0 amide bonds. The maximum Gasteiger partial charge on any atom is 0.465 e. The van der Waals surface area contributed by atoms with Crippen LogP contribution in [0.2, 0.25) is 0 Å². The van der Waals surface area contributed by atoms with Crippen LogP contribution in [0.3, 0.4) is 0 Å². The Labute approximate surface area is 200 Å². The minimum atomic E-state index is -0.444. The average molecular weight is 448 g/mol. The van der Waals surface area contributed by atoms with E-state index in [0.717, 1.165) is 5.56 Å². The summed E-state index contributed by atoms with van der Waals surface area (Å²) in [5, 5.41) is 0. The molecule has 2 saturated heterocycles. The van der Waals surface area contributed by atoms with Crippen LogP contribution in [0.1, 0.15) is 83.7 Å². The fourth-order valence-corrected chi connectivity index (χ4v) is 4.75. The van der Waals surface area contributed by atoms with E-state index in [4.69, 9.17) is 18.6 Å². The third kappa shape index (κ3) is 4.32. The van der Waals surface area contributed by atoms with Gasteiger partial charge in [-0.05, 0) is 79.0 Å². The van der Waals surface area contributed by atoms with Crippen LogP contribution in [-0.4, -0.2) is 36.6 Å². The van der Waals surface area contributed by atoms with Crippen molar-refractivity contribution in [2.24, 2.45) is 0 Å². The predicted octanol–water partition coefficient (Wildman–Crippen LogP) is 6.13. The predicted molar refractivity (Wildman–Crippen MR) is 135 cm³/mol. The first kappa shape index (κ1) is 24.5. The minimum absolute atomic E-state index is 0.121. The standard InChI is InChI=1S/C27H38B2O4/c1-19-15-13-14-18-21(19)23(29-32-26(6,7)27(8,9)33-29)22(20-16-11-10-12-17-20)28-30-24(2,3)25(4,5)31-28/h10-18,22-23H,1-9H3. The van der Waals surface area contributed by atoms with Crippen molar-refractivity contribution in [2.75, 3.05) is 0 Å². The Bertz CT molecular complexity index is 955. The summed E-state index contributed by atoms with van der Waals surface area (Å²) in [6, 6.07) is 19.0. The second-order valence-corrected chi connectivity index (χ2v) is 11.6. The summed E-state index contributed by atoms with van der Waals surface area (Å²) in [7, 11) is -0.888. The normalized spacial score (nSPS) is 24.6. The first-order chi connectivity index (χ1) is 15.3. The van der Waals surface area contributed by atoms with Crippen LogP contribution in [0.15, 0.2) is 54.6 Å². The molecule has 0 spiro atoms. The molecule has 2 aliphatic rings. The molecule has 2 unspecified atom stereocenters. The maximum absolute atomic E-state index is 6.67. The molecule has 0 saturated carbocycles. The van der Waals surface area contributed by atoms with E-state index in [9.17, 15) is 0 Å². The Morgan fingerprint density at radius 1 is 0.545 bits per heavy atom. The highest BCUT2D eigenvalue weighted by atomic mass is 16.7.